The molecule has 2 N–H and O–H groups in total. The second-order valence-electron chi connectivity index (χ2n) is 4.90. The van der Waals surface area contributed by atoms with Crippen molar-refractivity contribution in [2.45, 2.75) is 19.4 Å². The molecular weight excluding hydrogens is 302 g/mol. The van der Waals surface area contributed by atoms with E-state index in [0.717, 1.165) is 34.4 Å². The molecule has 3 rings (SSSR count). The van der Waals surface area contributed by atoms with Crippen molar-refractivity contribution in [2.75, 3.05) is 6.61 Å². The summed E-state index contributed by atoms with van der Waals surface area (Å²) in [6.45, 7) is 2.87. The molecule has 0 aliphatic carbocycles. The van der Waals surface area contributed by atoms with Crippen LogP contribution >= 0.6 is 15.9 Å². The number of ether oxygens (including phenoxy) is 1. The standard InChI is InChI=1S/C16H16BrNO/c1-10-13(3-2-4-14(10)17)16(18)12-5-6-15-11(9-12)7-8-19-15/h2-6,9,16H,7-8,18H2,1H3. The minimum atomic E-state index is -0.0941. The first-order valence-corrected chi connectivity index (χ1v) is 7.22. The minimum absolute atomic E-state index is 0.0941. The van der Waals surface area contributed by atoms with E-state index >= 15 is 0 Å². The van der Waals surface area contributed by atoms with Crippen LogP contribution in [-0.4, -0.2) is 6.61 Å². The highest BCUT2D eigenvalue weighted by Gasteiger charge is 2.17. The van der Waals surface area contributed by atoms with Crippen molar-refractivity contribution in [2.24, 2.45) is 5.73 Å². The molecule has 0 radical (unpaired) electrons. The van der Waals surface area contributed by atoms with Gasteiger partial charge in [0.25, 0.3) is 0 Å². The van der Waals surface area contributed by atoms with E-state index in [-0.39, 0.29) is 6.04 Å². The molecule has 0 spiro atoms. The third-order valence-electron chi connectivity index (χ3n) is 3.72. The van der Waals surface area contributed by atoms with Crippen LogP contribution in [0.1, 0.15) is 28.3 Å². The zero-order valence-electron chi connectivity index (χ0n) is 10.8. The summed E-state index contributed by atoms with van der Waals surface area (Å²) in [7, 11) is 0. The van der Waals surface area contributed by atoms with Crippen molar-refractivity contribution < 1.29 is 4.74 Å². The molecular formula is C16H16BrNO. The normalized spacial score (nSPS) is 14.9. The van der Waals surface area contributed by atoms with E-state index in [1.54, 1.807) is 0 Å². The van der Waals surface area contributed by atoms with Crippen LogP contribution in [0.2, 0.25) is 0 Å². The lowest BCUT2D eigenvalue weighted by Gasteiger charge is -2.17. The molecule has 1 atom stereocenters. The summed E-state index contributed by atoms with van der Waals surface area (Å²) >= 11 is 3.56. The van der Waals surface area contributed by atoms with Crippen molar-refractivity contribution in [1.29, 1.82) is 0 Å². The summed E-state index contributed by atoms with van der Waals surface area (Å²) in [5.74, 6) is 1.00. The van der Waals surface area contributed by atoms with E-state index in [2.05, 4.69) is 41.1 Å². The van der Waals surface area contributed by atoms with Crippen LogP contribution in [0, 0.1) is 6.92 Å². The van der Waals surface area contributed by atoms with Gasteiger partial charge in [0, 0.05) is 10.9 Å². The zero-order chi connectivity index (χ0) is 13.4. The molecule has 2 nitrogen and oxygen atoms in total. The summed E-state index contributed by atoms with van der Waals surface area (Å²) < 4.78 is 6.64. The van der Waals surface area contributed by atoms with Crippen LogP contribution < -0.4 is 10.5 Å². The SMILES string of the molecule is Cc1c(Br)cccc1C(N)c1ccc2c(c1)CCO2. The van der Waals surface area contributed by atoms with Gasteiger partial charge < -0.3 is 10.5 Å². The van der Waals surface area contributed by atoms with Crippen LogP contribution in [0.15, 0.2) is 40.9 Å². The maximum absolute atomic E-state index is 6.42. The van der Waals surface area contributed by atoms with Gasteiger partial charge in [-0.1, -0.05) is 40.2 Å². The monoisotopic (exact) mass is 317 g/mol. The largest absolute Gasteiger partial charge is 0.493 e. The Balaban J connectivity index is 2.00. The van der Waals surface area contributed by atoms with Crippen LogP contribution in [0.5, 0.6) is 5.75 Å². The molecule has 1 aliphatic rings. The predicted octanol–water partition coefficient (Wildman–Crippen LogP) is 3.74. The van der Waals surface area contributed by atoms with Gasteiger partial charge in [-0.2, -0.15) is 0 Å². The van der Waals surface area contributed by atoms with E-state index in [1.165, 1.54) is 11.1 Å². The molecule has 2 aromatic carbocycles. The van der Waals surface area contributed by atoms with E-state index < -0.39 is 0 Å². The van der Waals surface area contributed by atoms with E-state index in [9.17, 15) is 0 Å². The highest BCUT2D eigenvalue weighted by Crippen LogP contribution is 2.31. The molecule has 19 heavy (non-hydrogen) atoms. The summed E-state index contributed by atoms with van der Waals surface area (Å²) in [5, 5.41) is 0. The van der Waals surface area contributed by atoms with E-state index in [0.29, 0.717) is 0 Å². The molecule has 0 bridgehead atoms. The molecule has 0 amide bonds. The van der Waals surface area contributed by atoms with Gasteiger partial charge in [-0.05, 0) is 41.3 Å². The van der Waals surface area contributed by atoms with Crippen LogP contribution in [-0.2, 0) is 6.42 Å². The number of benzene rings is 2. The fourth-order valence-corrected chi connectivity index (χ4v) is 2.92. The Hall–Kier alpha value is -1.32. The molecule has 1 aliphatic heterocycles. The van der Waals surface area contributed by atoms with Crippen molar-refractivity contribution >= 4 is 15.9 Å². The highest BCUT2D eigenvalue weighted by atomic mass is 79.9. The molecule has 0 fully saturated rings. The zero-order valence-corrected chi connectivity index (χ0v) is 12.4. The number of hydrogen-bond donors (Lipinski definition) is 1. The maximum atomic E-state index is 6.42. The van der Waals surface area contributed by atoms with E-state index in [4.69, 9.17) is 10.5 Å². The Morgan fingerprint density at radius 3 is 2.95 bits per heavy atom. The van der Waals surface area contributed by atoms with Gasteiger partial charge in [-0.3, -0.25) is 0 Å². The molecule has 0 saturated heterocycles. The number of rotatable bonds is 2. The quantitative estimate of drug-likeness (QED) is 0.915. The lowest BCUT2D eigenvalue weighted by Crippen LogP contribution is -2.13. The number of nitrogens with two attached hydrogens (primary N) is 1. The van der Waals surface area contributed by atoms with Gasteiger partial charge >= 0.3 is 0 Å². The molecule has 0 saturated carbocycles. The Kier molecular flexibility index (Phi) is 3.33. The van der Waals surface area contributed by atoms with Crippen LogP contribution in [0.4, 0.5) is 0 Å². The summed E-state index contributed by atoms with van der Waals surface area (Å²) in [6, 6.07) is 12.3. The minimum Gasteiger partial charge on any atom is -0.493 e. The molecule has 1 unspecified atom stereocenters. The summed E-state index contributed by atoms with van der Waals surface area (Å²) in [6.07, 6.45) is 0.980. The average Bonchev–Trinajstić information content (AvgIpc) is 2.88. The predicted molar refractivity (Wildman–Crippen MR) is 80.6 cm³/mol. The number of hydrogen-bond acceptors (Lipinski definition) is 2. The van der Waals surface area contributed by atoms with Crippen molar-refractivity contribution in [3.63, 3.8) is 0 Å². The smallest absolute Gasteiger partial charge is 0.122 e. The summed E-state index contributed by atoms with van der Waals surface area (Å²) in [4.78, 5) is 0. The Morgan fingerprint density at radius 2 is 2.11 bits per heavy atom. The maximum Gasteiger partial charge on any atom is 0.122 e. The van der Waals surface area contributed by atoms with Gasteiger partial charge in [0.15, 0.2) is 0 Å². The highest BCUT2D eigenvalue weighted by molar-refractivity contribution is 9.10. The molecule has 98 valence electrons. The Morgan fingerprint density at radius 1 is 1.26 bits per heavy atom. The molecule has 1 heterocycles. The van der Waals surface area contributed by atoms with Gasteiger partial charge in [-0.25, -0.2) is 0 Å². The first-order chi connectivity index (χ1) is 9.16. The second-order valence-corrected chi connectivity index (χ2v) is 5.75. The van der Waals surface area contributed by atoms with Crippen molar-refractivity contribution in [1.82, 2.24) is 0 Å². The second kappa shape index (κ2) is 4.99. The third kappa shape index (κ3) is 2.28. The van der Waals surface area contributed by atoms with Crippen molar-refractivity contribution in [3.8, 4) is 5.75 Å². The van der Waals surface area contributed by atoms with Gasteiger partial charge in [0.05, 0.1) is 12.6 Å². The summed E-state index contributed by atoms with van der Waals surface area (Å²) in [5.41, 5.74) is 11.2. The van der Waals surface area contributed by atoms with Gasteiger partial charge in [-0.15, -0.1) is 0 Å². The molecule has 2 aromatic rings. The molecule has 3 heteroatoms. The van der Waals surface area contributed by atoms with Crippen LogP contribution in [0.3, 0.4) is 0 Å². The Bertz CT molecular complexity index is 624. The van der Waals surface area contributed by atoms with Gasteiger partial charge in [0.2, 0.25) is 0 Å². The lowest BCUT2D eigenvalue weighted by molar-refractivity contribution is 0.357. The van der Waals surface area contributed by atoms with E-state index in [1.807, 2.05) is 18.2 Å². The first kappa shape index (κ1) is 12.7. The van der Waals surface area contributed by atoms with Crippen molar-refractivity contribution in [3.05, 3.63) is 63.1 Å². The van der Waals surface area contributed by atoms with Gasteiger partial charge in [0.1, 0.15) is 5.75 Å². The topological polar surface area (TPSA) is 35.2 Å². The first-order valence-electron chi connectivity index (χ1n) is 6.43. The fraction of sp³-hybridized carbons (Fsp3) is 0.250. The van der Waals surface area contributed by atoms with Crippen LogP contribution in [0.25, 0.3) is 0 Å². The number of fused-ring (bicyclic) bond motifs is 1. The number of halogens is 1. The Labute approximate surface area is 121 Å². The molecule has 0 aromatic heterocycles. The third-order valence-corrected chi connectivity index (χ3v) is 4.58. The lowest BCUT2D eigenvalue weighted by atomic mass is 9.94. The average molecular weight is 318 g/mol. The fourth-order valence-electron chi connectivity index (χ4n) is 2.54.